The number of aromatic nitrogens is 2. The molecule has 3 aromatic rings. The van der Waals surface area contributed by atoms with Crippen LogP contribution < -0.4 is 0 Å². The van der Waals surface area contributed by atoms with Crippen molar-refractivity contribution in [1.82, 2.24) is 14.7 Å². The van der Waals surface area contributed by atoms with Crippen molar-refractivity contribution in [2.24, 2.45) is 0 Å². The summed E-state index contributed by atoms with van der Waals surface area (Å²) in [7, 11) is 0. The van der Waals surface area contributed by atoms with Crippen LogP contribution >= 0.6 is 0 Å². The van der Waals surface area contributed by atoms with Crippen LogP contribution in [0.15, 0.2) is 67.0 Å². The quantitative estimate of drug-likeness (QED) is 0.767. The summed E-state index contributed by atoms with van der Waals surface area (Å²) in [5, 5.41) is 13.3. The second-order valence-corrected chi connectivity index (χ2v) is 6.77. The normalized spacial score (nSPS) is 17.5. The predicted octanol–water partition coefficient (Wildman–Crippen LogP) is 3.56. The highest BCUT2D eigenvalue weighted by molar-refractivity contribution is 5.87. The number of rotatable bonds is 5. The van der Waals surface area contributed by atoms with Gasteiger partial charge < -0.3 is 5.11 Å². The van der Waals surface area contributed by atoms with Gasteiger partial charge in [0.15, 0.2) is 0 Å². The van der Waals surface area contributed by atoms with E-state index in [-0.39, 0.29) is 0 Å². The van der Waals surface area contributed by atoms with E-state index in [4.69, 9.17) is 5.11 Å². The molecule has 0 spiro atoms. The zero-order valence-electron chi connectivity index (χ0n) is 14.5. The molecule has 2 aromatic carbocycles. The van der Waals surface area contributed by atoms with Crippen LogP contribution in [-0.2, 0) is 6.54 Å². The van der Waals surface area contributed by atoms with Crippen molar-refractivity contribution in [3.63, 3.8) is 0 Å². The van der Waals surface area contributed by atoms with Crippen molar-refractivity contribution in [3.05, 3.63) is 83.7 Å². The molecule has 5 heteroatoms. The molecule has 0 aliphatic carbocycles. The van der Waals surface area contributed by atoms with E-state index in [0.29, 0.717) is 11.5 Å². The fourth-order valence-corrected chi connectivity index (χ4v) is 3.62. The van der Waals surface area contributed by atoms with Crippen LogP contribution in [0, 0.1) is 0 Å². The Labute approximate surface area is 152 Å². The maximum absolute atomic E-state index is 11.0. The smallest absolute Gasteiger partial charge is 0.335 e. The third-order valence-corrected chi connectivity index (χ3v) is 4.99. The molecular formula is C21H21N3O2. The van der Waals surface area contributed by atoms with E-state index < -0.39 is 5.97 Å². The van der Waals surface area contributed by atoms with Gasteiger partial charge in [0.2, 0.25) is 0 Å². The Bertz CT molecular complexity index is 888. The molecule has 26 heavy (non-hydrogen) atoms. The molecule has 0 bridgehead atoms. The summed E-state index contributed by atoms with van der Waals surface area (Å²) in [5.41, 5.74) is 3.93. The number of likely N-dealkylation sites (tertiary alicyclic amines) is 1. The predicted molar refractivity (Wildman–Crippen MR) is 99.6 cm³/mol. The number of carbonyl (C=O) groups is 1. The second kappa shape index (κ2) is 7.14. The lowest BCUT2D eigenvalue weighted by Gasteiger charge is -2.17. The van der Waals surface area contributed by atoms with Crippen LogP contribution in [-0.4, -0.2) is 38.8 Å². The van der Waals surface area contributed by atoms with Crippen LogP contribution in [0.3, 0.4) is 0 Å². The Balaban J connectivity index is 1.41. The minimum atomic E-state index is -0.873. The molecule has 1 fully saturated rings. The summed E-state index contributed by atoms with van der Waals surface area (Å²) in [6.07, 6.45) is 4.84. The molecule has 1 saturated heterocycles. The van der Waals surface area contributed by atoms with Crippen LogP contribution in [0.4, 0.5) is 0 Å². The summed E-state index contributed by atoms with van der Waals surface area (Å²) in [6.45, 7) is 2.97. The maximum atomic E-state index is 11.0. The van der Waals surface area contributed by atoms with Crippen LogP contribution in [0.25, 0.3) is 5.69 Å². The average molecular weight is 347 g/mol. The zero-order chi connectivity index (χ0) is 17.9. The highest BCUT2D eigenvalue weighted by atomic mass is 16.4. The van der Waals surface area contributed by atoms with E-state index in [2.05, 4.69) is 34.3 Å². The van der Waals surface area contributed by atoms with Crippen molar-refractivity contribution >= 4 is 5.97 Å². The first kappa shape index (κ1) is 16.5. The Hall–Kier alpha value is -2.92. The molecule has 1 aromatic heterocycles. The van der Waals surface area contributed by atoms with Gasteiger partial charge in [0.25, 0.3) is 0 Å². The summed E-state index contributed by atoms with van der Waals surface area (Å²) < 4.78 is 1.88. The van der Waals surface area contributed by atoms with Gasteiger partial charge in [-0.2, -0.15) is 5.10 Å². The van der Waals surface area contributed by atoms with Gasteiger partial charge in [-0.05, 0) is 60.3 Å². The van der Waals surface area contributed by atoms with Gasteiger partial charge in [-0.15, -0.1) is 0 Å². The van der Waals surface area contributed by atoms with Crippen LogP contribution in [0.1, 0.15) is 33.8 Å². The summed E-state index contributed by atoms with van der Waals surface area (Å²) in [6, 6.07) is 17.7. The van der Waals surface area contributed by atoms with E-state index in [9.17, 15) is 4.79 Å². The van der Waals surface area contributed by atoms with Gasteiger partial charge in [-0.25, -0.2) is 9.48 Å². The molecule has 132 valence electrons. The standard InChI is InChI=1S/C21H21N3O2/c25-21(26)18-7-5-17(6-8-18)19-9-12-23(15-19)14-16-3-1-4-20(13-16)24-11-2-10-22-24/h1-8,10-11,13,19H,9,12,14-15H2,(H,25,26)/t19-/m0/s1. The lowest BCUT2D eigenvalue weighted by atomic mass is 9.97. The van der Waals surface area contributed by atoms with E-state index in [1.54, 1.807) is 18.3 Å². The molecule has 1 aliphatic heterocycles. The first-order chi connectivity index (χ1) is 12.7. The van der Waals surface area contributed by atoms with Crippen molar-refractivity contribution in [3.8, 4) is 5.69 Å². The lowest BCUT2D eigenvalue weighted by Crippen LogP contribution is -2.19. The third kappa shape index (κ3) is 3.53. The fourth-order valence-electron chi connectivity index (χ4n) is 3.62. The Morgan fingerprint density at radius 2 is 2.00 bits per heavy atom. The Morgan fingerprint density at radius 3 is 2.73 bits per heavy atom. The van der Waals surface area contributed by atoms with Gasteiger partial charge in [-0.3, -0.25) is 4.90 Å². The molecule has 5 nitrogen and oxygen atoms in total. The number of hydrogen-bond donors (Lipinski definition) is 1. The van der Waals surface area contributed by atoms with Gasteiger partial charge in [0, 0.05) is 25.5 Å². The summed E-state index contributed by atoms with van der Waals surface area (Å²) in [4.78, 5) is 13.4. The lowest BCUT2D eigenvalue weighted by molar-refractivity contribution is 0.0697. The van der Waals surface area contributed by atoms with Gasteiger partial charge in [-0.1, -0.05) is 24.3 Å². The molecule has 4 rings (SSSR count). The van der Waals surface area contributed by atoms with Crippen LogP contribution in [0.5, 0.6) is 0 Å². The SMILES string of the molecule is O=C(O)c1ccc([C@H]2CCN(Cc3cccc(-n4cccn4)c3)C2)cc1. The monoisotopic (exact) mass is 347 g/mol. The van der Waals surface area contributed by atoms with E-state index in [0.717, 1.165) is 31.7 Å². The topological polar surface area (TPSA) is 58.4 Å². The molecule has 0 saturated carbocycles. The largest absolute Gasteiger partial charge is 0.478 e. The fraction of sp³-hybridized carbons (Fsp3) is 0.238. The minimum Gasteiger partial charge on any atom is -0.478 e. The van der Waals surface area contributed by atoms with Gasteiger partial charge in [0.05, 0.1) is 11.3 Å². The number of benzene rings is 2. The van der Waals surface area contributed by atoms with E-state index in [1.165, 1.54) is 11.1 Å². The Morgan fingerprint density at radius 1 is 1.15 bits per heavy atom. The molecule has 1 atom stereocenters. The van der Waals surface area contributed by atoms with Crippen molar-refractivity contribution < 1.29 is 9.90 Å². The van der Waals surface area contributed by atoms with E-state index >= 15 is 0 Å². The maximum Gasteiger partial charge on any atom is 0.335 e. The molecule has 1 aliphatic rings. The number of carboxylic acid groups (broad SMARTS) is 1. The highest BCUT2D eigenvalue weighted by Gasteiger charge is 2.24. The number of hydrogen-bond acceptors (Lipinski definition) is 3. The highest BCUT2D eigenvalue weighted by Crippen LogP contribution is 2.28. The molecule has 0 unspecified atom stereocenters. The Kier molecular flexibility index (Phi) is 4.54. The molecular weight excluding hydrogens is 326 g/mol. The summed E-state index contributed by atoms with van der Waals surface area (Å²) in [5.74, 6) is -0.409. The van der Waals surface area contributed by atoms with E-state index in [1.807, 2.05) is 29.1 Å². The average Bonchev–Trinajstić information content (AvgIpc) is 3.34. The zero-order valence-corrected chi connectivity index (χ0v) is 14.5. The molecule has 2 heterocycles. The molecule has 0 radical (unpaired) electrons. The number of carboxylic acids is 1. The second-order valence-electron chi connectivity index (χ2n) is 6.77. The number of nitrogens with zero attached hydrogens (tertiary/aromatic N) is 3. The minimum absolute atomic E-state index is 0.346. The number of aromatic carboxylic acids is 1. The van der Waals surface area contributed by atoms with Crippen molar-refractivity contribution in [2.45, 2.75) is 18.9 Å². The molecule has 0 amide bonds. The van der Waals surface area contributed by atoms with Crippen LogP contribution in [0.2, 0.25) is 0 Å². The van der Waals surface area contributed by atoms with Gasteiger partial charge in [0.1, 0.15) is 0 Å². The first-order valence-corrected chi connectivity index (χ1v) is 8.83. The van der Waals surface area contributed by atoms with Crippen molar-refractivity contribution in [1.29, 1.82) is 0 Å². The van der Waals surface area contributed by atoms with Gasteiger partial charge >= 0.3 is 5.97 Å². The third-order valence-electron chi connectivity index (χ3n) is 4.99. The summed E-state index contributed by atoms with van der Waals surface area (Å²) >= 11 is 0. The molecule has 1 N–H and O–H groups in total. The van der Waals surface area contributed by atoms with Crippen molar-refractivity contribution in [2.75, 3.05) is 13.1 Å². The first-order valence-electron chi connectivity index (χ1n) is 8.83.